The van der Waals surface area contributed by atoms with Crippen molar-refractivity contribution in [3.8, 4) is 0 Å². The Kier molecular flexibility index (Phi) is 9.29. The molecule has 0 unspecified atom stereocenters. The maximum atomic E-state index is 14.8. The summed E-state index contributed by atoms with van der Waals surface area (Å²) in [5, 5.41) is 33.5. The number of non-ortho nitro benzene ring substituents is 1. The molecule has 15 heteroatoms. The number of fused-ring (bicyclic) bond motifs is 3. The van der Waals surface area contributed by atoms with Crippen LogP contribution in [0.1, 0.15) is 35.7 Å². The quantitative estimate of drug-likeness (QED) is 0.0795. The van der Waals surface area contributed by atoms with Crippen LogP contribution >= 0.6 is 0 Å². The number of nitro benzene ring substituents is 1. The smallest absolute Gasteiger partial charge is 0.269 e. The number of aromatic nitrogens is 4. The number of hydrogen-bond acceptors (Lipinski definition) is 9. The molecule has 52 heavy (non-hydrogen) atoms. The van der Waals surface area contributed by atoms with Gasteiger partial charge in [0.05, 0.1) is 35.4 Å². The number of nitrogens with zero attached hydrogens (tertiary/aromatic N) is 5. The van der Waals surface area contributed by atoms with Crippen molar-refractivity contribution in [3.63, 3.8) is 0 Å². The van der Waals surface area contributed by atoms with Gasteiger partial charge in [-0.2, -0.15) is 0 Å². The maximum absolute atomic E-state index is 14.8. The lowest BCUT2D eigenvalue weighted by Crippen LogP contribution is -2.46. The number of nitrogens with one attached hydrogen (secondary N) is 2. The van der Waals surface area contributed by atoms with Gasteiger partial charge in [-0.1, -0.05) is 42.5 Å². The summed E-state index contributed by atoms with van der Waals surface area (Å²) in [7, 11) is -2.98. The van der Waals surface area contributed by atoms with Crippen molar-refractivity contribution in [1.82, 2.24) is 20.0 Å². The first-order valence-corrected chi connectivity index (χ1v) is 20.4. The molecule has 0 saturated carbocycles. The van der Waals surface area contributed by atoms with Crippen LogP contribution < -0.4 is 10.2 Å². The standard InChI is InChI=1S/C37H41N7O7Si/c1-23-35(52(2,3)50)33(13-15-42-22-27(14-16-45)40-41-42)51-37(23)30-19-28(44(48)49)11-12-32(30)43(36(37)47)21-24-7-6-8-26(17-24)39-34(46)18-25-20-38-31-10-5-4-9-29(25)31/h4-12,17,19-20,22-23,33,35,38,45,50H,13-16,18,21H2,1-3H3,(H,39,46)/t23-,33+,35-,37+/m1/s1. The summed E-state index contributed by atoms with van der Waals surface area (Å²) >= 11 is 0. The van der Waals surface area contributed by atoms with Gasteiger partial charge < -0.3 is 29.8 Å². The van der Waals surface area contributed by atoms with E-state index in [9.17, 15) is 29.6 Å². The molecule has 14 nitrogen and oxygen atoms in total. The Labute approximate surface area is 300 Å². The van der Waals surface area contributed by atoms with Crippen LogP contribution in [0.2, 0.25) is 18.6 Å². The van der Waals surface area contributed by atoms with Gasteiger partial charge in [0.1, 0.15) is 0 Å². The molecule has 2 amide bonds. The molecule has 2 aromatic heterocycles. The molecule has 2 aliphatic rings. The predicted molar refractivity (Wildman–Crippen MR) is 196 cm³/mol. The van der Waals surface area contributed by atoms with Gasteiger partial charge in [-0.25, -0.2) is 0 Å². The van der Waals surface area contributed by atoms with E-state index in [1.807, 2.05) is 62.6 Å². The van der Waals surface area contributed by atoms with E-state index in [0.29, 0.717) is 42.0 Å². The highest BCUT2D eigenvalue weighted by Crippen LogP contribution is 2.60. The van der Waals surface area contributed by atoms with Gasteiger partial charge in [-0.15, -0.1) is 5.10 Å². The molecule has 1 spiro atoms. The number of benzene rings is 3. The largest absolute Gasteiger partial charge is 0.432 e. The molecule has 5 aromatic rings. The van der Waals surface area contributed by atoms with Crippen molar-refractivity contribution in [2.45, 2.75) is 69.6 Å². The number of anilines is 2. The number of aliphatic hydroxyl groups excluding tert-OH is 1. The molecular weight excluding hydrogens is 683 g/mol. The molecule has 4 N–H and O–H groups in total. The summed E-state index contributed by atoms with van der Waals surface area (Å²) in [5.41, 5.74) is 2.57. The molecule has 0 bridgehead atoms. The zero-order chi connectivity index (χ0) is 36.8. The van der Waals surface area contributed by atoms with Crippen LogP contribution in [0.3, 0.4) is 0 Å². The Morgan fingerprint density at radius 3 is 2.73 bits per heavy atom. The number of H-pyrrole nitrogens is 1. The van der Waals surface area contributed by atoms with E-state index in [2.05, 4.69) is 20.6 Å². The van der Waals surface area contributed by atoms with E-state index in [0.717, 1.165) is 22.0 Å². The second-order valence-electron chi connectivity index (χ2n) is 14.2. The summed E-state index contributed by atoms with van der Waals surface area (Å²) in [6.07, 6.45) is 3.99. The summed E-state index contributed by atoms with van der Waals surface area (Å²) in [6.45, 7) is 6.00. The fourth-order valence-electron chi connectivity index (χ4n) is 8.13. The first kappa shape index (κ1) is 35.2. The van der Waals surface area contributed by atoms with Gasteiger partial charge in [0.15, 0.2) is 13.9 Å². The van der Waals surface area contributed by atoms with Gasteiger partial charge >= 0.3 is 0 Å². The first-order valence-electron chi connectivity index (χ1n) is 17.3. The zero-order valence-corrected chi connectivity index (χ0v) is 30.2. The van der Waals surface area contributed by atoms with Crippen molar-refractivity contribution in [1.29, 1.82) is 0 Å². The van der Waals surface area contributed by atoms with E-state index < -0.39 is 30.9 Å². The van der Waals surface area contributed by atoms with Crippen LogP contribution in [-0.4, -0.2) is 67.6 Å². The fourth-order valence-corrected chi connectivity index (χ4v) is 10.7. The van der Waals surface area contributed by atoms with Crippen LogP contribution in [0.5, 0.6) is 0 Å². The van der Waals surface area contributed by atoms with E-state index in [1.165, 1.54) is 12.1 Å². The summed E-state index contributed by atoms with van der Waals surface area (Å²) in [5.74, 6) is -1.06. The predicted octanol–water partition coefficient (Wildman–Crippen LogP) is 4.82. The number of rotatable bonds is 12. The monoisotopic (exact) mass is 723 g/mol. The van der Waals surface area contributed by atoms with Crippen LogP contribution in [-0.2, 0) is 45.9 Å². The number of aliphatic hydroxyl groups is 1. The maximum Gasteiger partial charge on any atom is 0.269 e. The number of para-hydroxylation sites is 1. The second-order valence-corrected chi connectivity index (χ2v) is 18.2. The third kappa shape index (κ3) is 6.40. The summed E-state index contributed by atoms with van der Waals surface area (Å²) < 4.78 is 8.49. The number of carbonyl (C=O) groups is 2. The number of aryl methyl sites for hydroxylation is 1. The zero-order valence-electron chi connectivity index (χ0n) is 29.2. The number of amides is 2. The number of aromatic amines is 1. The first-order chi connectivity index (χ1) is 24.9. The molecule has 3 aromatic carbocycles. The Hall–Kier alpha value is -5.22. The summed E-state index contributed by atoms with van der Waals surface area (Å²) in [4.78, 5) is 55.8. The van der Waals surface area contributed by atoms with Crippen LogP contribution in [0.25, 0.3) is 10.9 Å². The summed E-state index contributed by atoms with van der Waals surface area (Å²) in [6, 6.07) is 19.5. The Balaban J connectivity index is 1.16. The fraction of sp³-hybridized carbons (Fsp3) is 0.351. The molecule has 4 heterocycles. The lowest BCUT2D eigenvalue weighted by molar-refractivity contribution is -0.385. The van der Waals surface area contributed by atoms with E-state index in [-0.39, 0.29) is 42.6 Å². The molecule has 0 aliphatic carbocycles. The van der Waals surface area contributed by atoms with Crippen molar-refractivity contribution in [2.75, 3.05) is 16.8 Å². The number of carbonyl (C=O) groups excluding carboxylic acids is 2. The van der Waals surface area contributed by atoms with Crippen LogP contribution in [0.4, 0.5) is 17.1 Å². The Morgan fingerprint density at radius 1 is 1.15 bits per heavy atom. The highest BCUT2D eigenvalue weighted by atomic mass is 28.4. The van der Waals surface area contributed by atoms with E-state index in [1.54, 1.807) is 34.0 Å². The number of nitro groups is 1. The number of hydrogen-bond donors (Lipinski definition) is 4. The molecule has 7 rings (SSSR count). The third-order valence-corrected chi connectivity index (χ3v) is 12.9. The van der Waals surface area contributed by atoms with E-state index >= 15 is 0 Å². The molecule has 1 fully saturated rings. The average molecular weight is 724 g/mol. The minimum atomic E-state index is -2.98. The highest BCUT2D eigenvalue weighted by Gasteiger charge is 2.66. The van der Waals surface area contributed by atoms with Gasteiger partial charge in [0.2, 0.25) is 5.91 Å². The Bertz CT molecular complexity index is 2160. The van der Waals surface area contributed by atoms with Crippen LogP contribution in [0, 0.1) is 16.0 Å². The second kappa shape index (κ2) is 13.7. The van der Waals surface area contributed by atoms with Gasteiger partial charge in [0.25, 0.3) is 11.6 Å². The van der Waals surface area contributed by atoms with Crippen molar-refractivity contribution in [3.05, 3.63) is 112 Å². The number of ether oxygens (including phenoxy) is 1. The molecule has 4 atom stereocenters. The normalized spacial score (nSPS) is 21.3. The molecular formula is C37H41N7O7Si. The topological polar surface area (TPSA) is 189 Å². The van der Waals surface area contributed by atoms with E-state index in [4.69, 9.17) is 4.74 Å². The molecule has 270 valence electrons. The highest BCUT2D eigenvalue weighted by molar-refractivity contribution is 6.71. The lowest BCUT2D eigenvalue weighted by Gasteiger charge is -2.32. The van der Waals surface area contributed by atoms with Gasteiger partial charge in [-0.3, -0.25) is 24.4 Å². The van der Waals surface area contributed by atoms with Gasteiger partial charge in [-0.05, 0) is 54.9 Å². The lowest BCUT2D eigenvalue weighted by atomic mass is 9.82. The minimum Gasteiger partial charge on any atom is -0.432 e. The molecule has 1 saturated heterocycles. The van der Waals surface area contributed by atoms with Crippen LogP contribution in [0.15, 0.2) is 79.1 Å². The molecule has 2 aliphatic heterocycles. The SMILES string of the molecule is C[C@@H]1[C@@H]([Si](C)(C)O)[C@H](CCn2cc(CCO)nn2)O[C@@]12C(=O)N(Cc1cccc(NC(=O)Cc3c[nH]c4ccccc34)c1)c1ccc([N+](=O)[O-])cc12. The minimum absolute atomic E-state index is 0.0499. The molecule has 0 radical (unpaired) electrons. The Morgan fingerprint density at radius 2 is 1.96 bits per heavy atom. The van der Waals surface area contributed by atoms with Crippen molar-refractivity contribution < 1.29 is 29.2 Å². The van der Waals surface area contributed by atoms with Crippen molar-refractivity contribution >= 4 is 48.1 Å². The average Bonchev–Trinajstić information content (AvgIpc) is 3.86. The third-order valence-electron chi connectivity index (χ3n) is 10.4. The van der Waals surface area contributed by atoms with Crippen molar-refractivity contribution in [2.24, 2.45) is 5.92 Å². The van der Waals surface area contributed by atoms with Gasteiger partial charge in [0, 0.05) is 77.7 Å².